The normalized spacial score (nSPS) is 26.1. The van der Waals surface area contributed by atoms with Gasteiger partial charge in [0, 0.05) is 12.2 Å². The van der Waals surface area contributed by atoms with Crippen LogP contribution in [0.3, 0.4) is 0 Å². The van der Waals surface area contributed by atoms with Gasteiger partial charge < -0.3 is 10.1 Å². The predicted octanol–water partition coefficient (Wildman–Crippen LogP) is 4.11. The van der Waals surface area contributed by atoms with E-state index in [1.165, 1.54) is 0 Å². The number of fused-ring (bicyclic) bond motifs is 3. The number of hydrogen-bond acceptors (Lipinski definition) is 6. The summed E-state index contributed by atoms with van der Waals surface area (Å²) in [6.45, 7) is 2.13. The number of ether oxygens (including phenoxy) is 1. The molecule has 1 N–H and O–H groups in total. The lowest BCUT2D eigenvalue weighted by Crippen LogP contribution is -2.52. The molecule has 2 aromatic rings. The number of carbonyl (C=O) groups is 1. The quantitative estimate of drug-likeness (QED) is 0.597. The van der Waals surface area contributed by atoms with Gasteiger partial charge in [0.2, 0.25) is 5.28 Å². The Kier molecular flexibility index (Phi) is 5.44. The highest BCUT2D eigenvalue weighted by atomic mass is 35.5. The molecule has 0 saturated heterocycles. The van der Waals surface area contributed by atoms with Crippen molar-refractivity contribution in [2.75, 3.05) is 11.9 Å². The highest BCUT2D eigenvalue weighted by Crippen LogP contribution is 2.47. The summed E-state index contributed by atoms with van der Waals surface area (Å²) < 4.78 is 20.5. The second-order valence-electron chi connectivity index (χ2n) is 7.34. The topological polar surface area (TPSA) is 77.0 Å². The second kappa shape index (κ2) is 7.99. The third-order valence-corrected chi connectivity index (χ3v) is 5.98. The maximum atomic E-state index is 15.2. The van der Waals surface area contributed by atoms with Crippen molar-refractivity contribution in [3.8, 4) is 11.4 Å². The van der Waals surface area contributed by atoms with Crippen molar-refractivity contribution in [3.05, 3.63) is 35.5 Å². The molecule has 0 amide bonds. The minimum Gasteiger partial charge on any atom is -0.466 e. The third-order valence-electron chi connectivity index (χ3n) is 5.81. The number of rotatable bonds is 5. The van der Waals surface area contributed by atoms with Gasteiger partial charge in [-0.15, -0.1) is 0 Å². The van der Waals surface area contributed by atoms with Crippen LogP contribution in [0.1, 0.15) is 32.6 Å². The maximum absolute atomic E-state index is 15.2. The monoisotopic (exact) mass is 404 g/mol. The van der Waals surface area contributed by atoms with E-state index in [0.29, 0.717) is 12.3 Å². The molecule has 0 aliphatic heterocycles. The number of hydrogen-bond donors (Lipinski definition) is 1. The lowest BCUT2D eigenvalue weighted by molar-refractivity contribution is -0.154. The minimum absolute atomic E-state index is 0.00695. The van der Waals surface area contributed by atoms with Crippen LogP contribution in [0.5, 0.6) is 0 Å². The van der Waals surface area contributed by atoms with Crippen LogP contribution in [0.25, 0.3) is 11.4 Å². The molecule has 2 aromatic heterocycles. The first-order valence-corrected chi connectivity index (χ1v) is 10.0. The van der Waals surface area contributed by atoms with Crippen molar-refractivity contribution in [1.82, 2.24) is 15.0 Å². The van der Waals surface area contributed by atoms with Gasteiger partial charge in [-0.05, 0) is 68.2 Å². The zero-order valence-corrected chi connectivity index (χ0v) is 16.3. The highest BCUT2D eigenvalue weighted by molar-refractivity contribution is 6.28. The van der Waals surface area contributed by atoms with Crippen LogP contribution in [-0.2, 0) is 9.53 Å². The van der Waals surface area contributed by atoms with Crippen LogP contribution in [-0.4, -0.2) is 33.6 Å². The maximum Gasteiger partial charge on any atom is 0.311 e. The number of pyridine rings is 1. The number of halogens is 2. The van der Waals surface area contributed by atoms with Crippen LogP contribution in [0, 0.1) is 23.6 Å². The molecule has 3 fully saturated rings. The summed E-state index contributed by atoms with van der Waals surface area (Å²) in [6, 6.07) is 4.92. The smallest absolute Gasteiger partial charge is 0.311 e. The van der Waals surface area contributed by atoms with Crippen molar-refractivity contribution in [3.63, 3.8) is 0 Å². The third kappa shape index (κ3) is 3.55. The molecule has 0 radical (unpaired) electrons. The zero-order valence-electron chi connectivity index (χ0n) is 15.6. The fourth-order valence-corrected chi connectivity index (χ4v) is 4.75. The molecule has 0 aromatic carbocycles. The molecule has 2 heterocycles. The van der Waals surface area contributed by atoms with Gasteiger partial charge in [0.1, 0.15) is 5.69 Å². The first-order valence-electron chi connectivity index (χ1n) is 9.66. The Morgan fingerprint density at radius 1 is 1.25 bits per heavy atom. The number of anilines is 1. The van der Waals surface area contributed by atoms with Gasteiger partial charge in [0.15, 0.2) is 11.6 Å². The van der Waals surface area contributed by atoms with E-state index in [2.05, 4.69) is 20.3 Å². The lowest BCUT2D eigenvalue weighted by Gasteiger charge is -2.47. The standard InChI is InChI=1S/C20H22ClFN4O2/c1-2-28-19(27)14-11-6-8-12(9-7-11)16(14)24-18-15(22)17(25-20(21)26-18)13-5-3-4-10-23-13/h3-5,10-12,14,16H,2,6-9H2,1H3,(H,24,25,26)/t11?,12?,14-,16-/m0/s1. The number of aromatic nitrogens is 3. The molecule has 2 atom stereocenters. The van der Waals surface area contributed by atoms with Crippen molar-refractivity contribution in [2.45, 2.75) is 38.6 Å². The summed E-state index contributed by atoms with van der Waals surface area (Å²) >= 11 is 6.07. The summed E-state index contributed by atoms with van der Waals surface area (Å²) in [5.41, 5.74) is 0.413. The van der Waals surface area contributed by atoms with E-state index >= 15 is 4.39 Å². The summed E-state index contributed by atoms with van der Waals surface area (Å²) in [5, 5.41) is 3.11. The molecule has 2 bridgehead atoms. The first kappa shape index (κ1) is 19.1. The highest BCUT2D eigenvalue weighted by Gasteiger charge is 2.48. The fraction of sp³-hybridized carbons (Fsp3) is 0.500. The van der Waals surface area contributed by atoms with Crippen molar-refractivity contribution < 1.29 is 13.9 Å². The van der Waals surface area contributed by atoms with E-state index in [-0.39, 0.29) is 46.6 Å². The number of nitrogens with zero attached hydrogens (tertiary/aromatic N) is 3. The molecular weight excluding hydrogens is 383 g/mol. The summed E-state index contributed by atoms with van der Waals surface area (Å²) in [6.07, 6.45) is 5.57. The Morgan fingerprint density at radius 2 is 2.00 bits per heavy atom. The van der Waals surface area contributed by atoms with Crippen molar-refractivity contribution in [1.29, 1.82) is 0 Å². The Bertz CT molecular complexity index is 859. The van der Waals surface area contributed by atoms with Crippen LogP contribution in [0.2, 0.25) is 5.28 Å². The summed E-state index contributed by atoms with van der Waals surface area (Å²) in [7, 11) is 0. The van der Waals surface area contributed by atoms with E-state index in [0.717, 1.165) is 25.7 Å². The Labute approximate surface area is 167 Å². The SMILES string of the molecule is CCOC(=O)[C@H]1C2CCC(CC2)[C@@H]1Nc1nc(Cl)nc(-c2ccccn2)c1F. The van der Waals surface area contributed by atoms with Gasteiger partial charge in [0.25, 0.3) is 0 Å². The second-order valence-corrected chi connectivity index (χ2v) is 7.68. The van der Waals surface area contributed by atoms with Gasteiger partial charge in [-0.25, -0.2) is 9.37 Å². The zero-order chi connectivity index (χ0) is 19.7. The van der Waals surface area contributed by atoms with E-state index in [4.69, 9.17) is 16.3 Å². The summed E-state index contributed by atoms with van der Waals surface area (Å²) in [4.78, 5) is 24.8. The molecule has 0 spiro atoms. The Morgan fingerprint density at radius 3 is 2.68 bits per heavy atom. The number of nitrogens with one attached hydrogen (secondary N) is 1. The molecule has 3 saturated carbocycles. The molecule has 0 unspecified atom stereocenters. The number of carbonyl (C=O) groups excluding carboxylic acids is 1. The molecular formula is C20H22ClFN4O2. The van der Waals surface area contributed by atoms with E-state index in [1.807, 2.05) is 0 Å². The average Bonchev–Trinajstić information content (AvgIpc) is 2.72. The molecule has 8 heteroatoms. The van der Waals surface area contributed by atoms with Gasteiger partial charge in [-0.2, -0.15) is 4.98 Å². The van der Waals surface area contributed by atoms with Gasteiger partial charge in [-0.1, -0.05) is 6.07 Å². The molecule has 148 valence electrons. The van der Waals surface area contributed by atoms with Crippen LogP contribution < -0.4 is 5.32 Å². The Hall–Kier alpha value is -2.28. The van der Waals surface area contributed by atoms with Crippen molar-refractivity contribution >= 4 is 23.4 Å². The van der Waals surface area contributed by atoms with Crippen molar-refractivity contribution in [2.24, 2.45) is 17.8 Å². The van der Waals surface area contributed by atoms with Crippen LogP contribution in [0.15, 0.2) is 24.4 Å². The fourth-order valence-electron chi connectivity index (χ4n) is 4.58. The molecule has 28 heavy (non-hydrogen) atoms. The molecule has 3 aliphatic rings. The van der Waals surface area contributed by atoms with Crippen LogP contribution in [0.4, 0.5) is 10.2 Å². The molecule has 5 rings (SSSR count). The average molecular weight is 405 g/mol. The minimum atomic E-state index is -0.618. The first-order chi connectivity index (χ1) is 13.6. The van der Waals surface area contributed by atoms with Gasteiger partial charge in [0.05, 0.1) is 18.2 Å². The largest absolute Gasteiger partial charge is 0.466 e. The Balaban J connectivity index is 1.68. The molecule has 6 nitrogen and oxygen atoms in total. The molecule has 3 aliphatic carbocycles. The van der Waals surface area contributed by atoms with E-state index in [9.17, 15) is 4.79 Å². The van der Waals surface area contributed by atoms with Gasteiger partial charge >= 0.3 is 5.97 Å². The summed E-state index contributed by atoms with van der Waals surface area (Å²) in [5.74, 6) is -0.624. The van der Waals surface area contributed by atoms with E-state index in [1.54, 1.807) is 31.3 Å². The number of esters is 1. The van der Waals surface area contributed by atoms with Gasteiger partial charge in [-0.3, -0.25) is 9.78 Å². The van der Waals surface area contributed by atoms with Crippen LogP contribution >= 0.6 is 11.6 Å². The lowest BCUT2D eigenvalue weighted by atomic mass is 9.61. The predicted molar refractivity (Wildman–Crippen MR) is 103 cm³/mol. The van der Waals surface area contributed by atoms with E-state index < -0.39 is 5.82 Å².